The summed E-state index contributed by atoms with van der Waals surface area (Å²) in [6.45, 7) is 6.50. The van der Waals surface area contributed by atoms with Crippen LogP contribution in [-0.4, -0.2) is 67.5 Å². The fourth-order valence-electron chi connectivity index (χ4n) is 5.33. The maximum absolute atomic E-state index is 13.2. The van der Waals surface area contributed by atoms with E-state index in [1.165, 1.54) is 16.8 Å². The number of piperazine rings is 1. The van der Waals surface area contributed by atoms with Crippen LogP contribution >= 0.6 is 0 Å². The van der Waals surface area contributed by atoms with Crippen LogP contribution in [0.1, 0.15) is 18.1 Å². The number of anilines is 2. The summed E-state index contributed by atoms with van der Waals surface area (Å²) >= 11 is 0. The molecule has 0 radical (unpaired) electrons. The third-order valence-corrected chi connectivity index (χ3v) is 7.13. The zero-order valence-electron chi connectivity index (χ0n) is 19.8. The molecule has 6 rings (SSSR count). The molecular weight excluding hydrogens is 440 g/mol. The molecule has 0 spiro atoms. The van der Waals surface area contributed by atoms with Crippen molar-refractivity contribution >= 4 is 28.4 Å². The van der Waals surface area contributed by atoms with E-state index in [4.69, 9.17) is 0 Å². The van der Waals surface area contributed by atoms with Gasteiger partial charge in [-0.3, -0.25) is 4.79 Å². The number of imidazole rings is 1. The lowest BCUT2D eigenvalue weighted by Crippen LogP contribution is -2.55. The summed E-state index contributed by atoms with van der Waals surface area (Å²) in [7, 11) is 0. The maximum atomic E-state index is 13.2. The van der Waals surface area contributed by atoms with Crippen LogP contribution in [0.25, 0.3) is 11.2 Å². The Morgan fingerprint density at radius 3 is 2.77 bits per heavy atom. The summed E-state index contributed by atoms with van der Waals surface area (Å²) in [5, 5.41) is 0. The number of amides is 1. The molecule has 2 aliphatic rings. The van der Waals surface area contributed by atoms with Gasteiger partial charge in [-0.05, 0) is 42.7 Å². The minimum absolute atomic E-state index is 0.104. The molecule has 0 saturated carbocycles. The van der Waals surface area contributed by atoms with Crippen molar-refractivity contribution in [2.24, 2.45) is 0 Å². The third-order valence-electron chi connectivity index (χ3n) is 7.13. The van der Waals surface area contributed by atoms with Crippen LogP contribution < -0.4 is 9.80 Å². The fourth-order valence-corrected chi connectivity index (χ4v) is 5.33. The Balaban J connectivity index is 1.17. The van der Waals surface area contributed by atoms with Gasteiger partial charge in [0.15, 0.2) is 5.65 Å². The van der Waals surface area contributed by atoms with Crippen molar-refractivity contribution < 1.29 is 4.79 Å². The number of carbonyl (C=O) groups is 1. The van der Waals surface area contributed by atoms with E-state index in [0.717, 1.165) is 49.5 Å². The van der Waals surface area contributed by atoms with Crippen LogP contribution in [0.3, 0.4) is 0 Å². The average molecular weight is 469 g/mol. The number of rotatable bonds is 4. The SMILES string of the molecule is CC1CN(c2cccc3c2CN(c2cncnc2)CC3)CCN1C(=O)Cn1cnc2cccnc21. The summed E-state index contributed by atoms with van der Waals surface area (Å²) in [5.74, 6) is 0.104. The van der Waals surface area contributed by atoms with E-state index < -0.39 is 0 Å². The molecule has 1 unspecified atom stereocenters. The Kier molecular flexibility index (Phi) is 5.52. The van der Waals surface area contributed by atoms with Gasteiger partial charge in [-0.15, -0.1) is 0 Å². The Morgan fingerprint density at radius 1 is 1.03 bits per heavy atom. The van der Waals surface area contributed by atoms with Crippen molar-refractivity contribution in [2.45, 2.75) is 32.5 Å². The predicted molar refractivity (Wildman–Crippen MR) is 134 cm³/mol. The van der Waals surface area contributed by atoms with Crippen LogP contribution in [0.4, 0.5) is 11.4 Å². The molecule has 9 nitrogen and oxygen atoms in total. The number of benzene rings is 1. The van der Waals surface area contributed by atoms with E-state index in [1.807, 2.05) is 34.0 Å². The van der Waals surface area contributed by atoms with Gasteiger partial charge < -0.3 is 19.3 Å². The summed E-state index contributed by atoms with van der Waals surface area (Å²) in [4.78, 5) is 37.1. The summed E-state index contributed by atoms with van der Waals surface area (Å²) < 4.78 is 1.84. The number of hydrogen-bond donors (Lipinski definition) is 0. The van der Waals surface area contributed by atoms with Gasteiger partial charge in [0.25, 0.3) is 0 Å². The van der Waals surface area contributed by atoms with Gasteiger partial charge in [-0.1, -0.05) is 12.1 Å². The number of carbonyl (C=O) groups excluding carboxylic acids is 1. The second-order valence-corrected chi connectivity index (χ2v) is 9.28. The van der Waals surface area contributed by atoms with E-state index in [0.29, 0.717) is 6.54 Å². The van der Waals surface area contributed by atoms with Crippen molar-refractivity contribution in [3.63, 3.8) is 0 Å². The van der Waals surface area contributed by atoms with E-state index in [9.17, 15) is 4.79 Å². The lowest BCUT2D eigenvalue weighted by Gasteiger charge is -2.43. The first-order valence-corrected chi connectivity index (χ1v) is 12.1. The second-order valence-electron chi connectivity index (χ2n) is 9.28. The standard InChI is InChI=1S/C26H28N8O/c1-19-14-32(10-11-34(19)25(35)16-33-18-30-23-5-3-8-29-26(23)33)24-6-2-4-20-7-9-31(15-22(20)24)21-12-27-17-28-13-21/h2-6,8,12-13,17-19H,7,9-11,14-16H2,1H3. The zero-order valence-corrected chi connectivity index (χ0v) is 19.8. The molecule has 3 aromatic heterocycles. The fraction of sp³-hybridized carbons (Fsp3) is 0.346. The number of hydrogen-bond acceptors (Lipinski definition) is 7. The minimum atomic E-state index is 0.104. The average Bonchev–Trinajstić information content (AvgIpc) is 3.31. The number of nitrogens with zero attached hydrogens (tertiary/aromatic N) is 8. The largest absolute Gasteiger partial charge is 0.367 e. The highest BCUT2D eigenvalue weighted by Gasteiger charge is 2.30. The first-order valence-electron chi connectivity index (χ1n) is 12.1. The number of pyridine rings is 1. The van der Waals surface area contributed by atoms with E-state index in [2.05, 4.69) is 54.9 Å². The van der Waals surface area contributed by atoms with Gasteiger partial charge in [0.05, 0.1) is 24.4 Å². The first kappa shape index (κ1) is 21.5. The van der Waals surface area contributed by atoms with E-state index in [1.54, 1.807) is 18.9 Å². The summed E-state index contributed by atoms with van der Waals surface area (Å²) in [6.07, 6.45) is 9.77. The second kappa shape index (κ2) is 8.98. The lowest BCUT2D eigenvalue weighted by molar-refractivity contribution is -0.134. The van der Waals surface area contributed by atoms with Crippen molar-refractivity contribution in [1.29, 1.82) is 0 Å². The van der Waals surface area contributed by atoms with E-state index >= 15 is 0 Å². The van der Waals surface area contributed by atoms with Gasteiger partial charge >= 0.3 is 0 Å². The van der Waals surface area contributed by atoms with Crippen LogP contribution in [0.15, 0.2) is 61.6 Å². The molecule has 0 N–H and O–H groups in total. The molecule has 178 valence electrons. The number of aromatic nitrogens is 5. The topological polar surface area (TPSA) is 83.3 Å². The molecule has 1 saturated heterocycles. The van der Waals surface area contributed by atoms with Crippen LogP contribution in [0.5, 0.6) is 0 Å². The van der Waals surface area contributed by atoms with Gasteiger partial charge in [-0.2, -0.15) is 0 Å². The predicted octanol–water partition coefficient (Wildman–Crippen LogP) is 2.52. The monoisotopic (exact) mass is 468 g/mol. The highest BCUT2D eigenvalue weighted by molar-refractivity contribution is 5.79. The molecule has 1 atom stereocenters. The van der Waals surface area contributed by atoms with Crippen LogP contribution in [0, 0.1) is 0 Å². The Hall–Kier alpha value is -4.01. The molecule has 2 aliphatic heterocycles. The van der Waals surface area contributed by atoms with E-state index in [-0.39, 0.29) is 18.5 Å². The Morgan fingerprint density at radius 2 is 1.91 bits per heavy atom. The normalized spacial score (nSPS) is 18.1. The quantitative estimate of drug-likeness (QED) is 0.455. The molecule has 9 heteroatoms. The first-order chi connectivity index (χ1) is 17.2. The molecule has 5 heterocycles. The molecule has 1 fully saturated rings. The van der Waals surface area contributed by atoms with Crippen molar-refractivity contribution in [1.82, 2.24) is 29.4 Å². The highest BCUT2D eigenvalue weighted by atomic mass is 16.2. The molecule has 0 bridgehead atoms. The molecule has 1 amide bonds. The molecule has 4 aromatic rings. The van der Waals surface area contributed by atoms with Gasteiger partial charge in [0.1, 0.15) is 18.4 Å². The molecule has 35 heavy (non-hydrogen) atoms. The van der Waals surface area contributed by atoms with Crippen molar-refractivity contribution in [3.8, 4) is 0 Å². The summed E-state index contributed by atoms with van der Waals surface area (Å²) in [5.41, 5.74) is 6.65. The van der Waals surface area contributed by atoms with Crippen LogP contribution in [0.2, 0.25) is 0 Å². The van der Waals surface area contributed by atoms with Crippen molar-refractivity contribution in [2.75, 3.05) is 36.0 Å². The number of fused-ring (bicyclic) bond motifs is 2. The third kappa shape index (κ3) is 4.07. The van der Waals surface area contributed by atoms with Gasteiger partial charge in [0.2, 0.25) is 5.91 Å². The van der Waals surface area contributed by atoms with Gasteiger partial charge in [0, 0.05) is 50.6 Å². The maximum Gasteiger partial charge on any atom is 0.242 e. The lowest BCUT2D eigenvalue weighted by atomic mass is 9.96. The minimum Gasteiger partial charge on any atom is -0.367 e. The highest BCUT2D eigenvalue weighted by Crippen LogP contribution is 2.32. The molecule has 0 aliphatic carbocycles. The smallest absolute Gasteiger partial charge is 0.242 e. The Bertz CT molecular complexity index is 1350. The zero-order chi connectivity index (χ0) is 23.8. The molecule has 1 aromatic carbocycles. The van der Waals surface area contributed by atoms with Gasteiger partial charge in [-0.25, -0.2) is 19.9 Å². The van der Waals surface area contributed by atoms with Crippen LogP contribution in [-0.2, 0) is 24.3 Å². The Labute approximate surface area is 204 Å². The molecular formula is C26H28N8O. The summed E-state index contributed by atoms with van der Waals surface area (Å²) in [6, 6.07) is 10.5. The van der Waals surface area contributed by atoms with Crippen molar-refractivity contribution in [3.05, 3.63) is 72.7 Å².